The van der Waals surface area contributed by atoms with Gasteiger partial charge in [0.15, 0.2) is 0 Å². The van der Waals surface area contributed by atoms with Crippen molar-refractivity contribution >= 4 is 0 Å². The maximum Gasteiger partial charge on any atom is 0.0991 e. The van der Waals surface area contributed by atoms with Gasteiger partial charge in [-0.05, 0) is 92.2 Å². The molecule has 2 aliphatic rings. The molecule has 1 aromatic rings. The molecule has 1 unspecified atom stereocenters. The number of benzene rings is 1. The van der Waals surface area contributed by atoms with Crippen molar-refractivity contribution in [2.24, 2.45) is 23.7 Å². The third-order valence-corrected chi connectivity index (χ3v) is 7.46. The molecule has 2 saturated carbocycles. The molecule has 0 heterocycles. The van der Waals surface area contributed by atoms with E-state index in [0.29, 0.717) is 0 Å². The Balaban J connectivity index is 1.41. The third kappa shape index (κ3) is 5.12. The van der Waals surface area contributed by atoms with Crippen LogP contribution in [0.3, 0.4) is 0 Å². The lowest BCUT2D eigenvalue weighted by molar-refractivity contribution is 0.169. The van der Waals surface area contributed by atoms with Crippen LogP contribution < -0.4 is 0 Å². The summed E-state index contributed by atoms with van der Waals surface area (Å²) in [6.45, 7) is 4.88. The standard InChI is InChI=1S/C25H37N/c1-3-4-20-5-11-23(12-6-20)19(2)17-21-7-13-24(14-8-21)25-15-9-22(18-26)10-16-25/h9-10,15-16,19-21,23-24H,3-8,11-14,17H2,1-2H3. The van der Waals surface area contributed by atoms with Gasteiger partial charge in [-0.1, -0.05) is 51.7 Å². The quantitative estimate of drug-likeness (QED) is 0.521. The average molecular weight is 352 g/mol. The van der Waals surface area contributed by atoms with Gasteiger partial charge in [-0.3, -0.25) is 0 Å². The van der Waals surface area contributed by atoms with Gasteiger partial charge < -0.3 is 0 Å². The second-order valence-corrected chi connectivity index (χ2v) is 9.23. The minimum absolute atomic E-state index is 0.721. The number of hydrogen-bond donors (Lipinski definition) is 0. The average Bonchev–Trinajstić information content (AvgIpc) is 2.69. The summed E-state index contributed by atoms with van der Waals surface area (Å²) < 4.78 is 0. The minimum atomic E-state index is 0.721. The van der Waals surface area contributed by atoms with Crippen molar-refractivity contribution in [3.05, 3.63) is 35.4 Å². The number of nitriles is 1. The first-order valence-corrected chi connectivity index (χ1v) is 11.2. The number of rotatable bonds is 6. The van der Waals surface area contributed by atoms with E-state index in [4.69, 9.17) is 5.26 Å². The Morgan fingerprint density at radius 2 is 1.54 bits per heavy atom. The van der Waals surface area contributed by atoms with E-state index in [9.17, 15) is 0 Å². The molecular formula is C25H37N. The van der Waals surface area contributed by atoms with Gasteiger partial charge in [0.25, 0.3) is 0 Å². The highest BCUT2D eigenvalue weighted by Crippen LogP contribution is 2.42. The van der Waals surface area contributed by atoms with Crippen LogP contribution in [0.25, 0.3) is 0 Å². The Hall–Kier alpha value is -1.29. The number of hydrogen-bond acceptors (Lipinski definition) is 1. The molecule has 1 atom stereocenters. The van der Waals surface area contributed by atoms with Crippen LogP contribution in [0.5, 0.6) is 0 Å². The van der Waals surface area contributed by atoms with Gasteiger partial charge in [-0.2, -0.15) is 5.26 Å². The zero-order valence-electron chi connectivity index (χ0n) is 16.9. The van der Waals surface area contributed by atoms with Crippen LogP contribution in [-0.2, 0) is 0 Å². The zero-order chi connectivity index (χ0) is 18.4. The summed E-state index contributed by atoms with van der Waals surface area (Å²) >= 11 is 0. The van der Waals surface area contributed by atoms with Gasteiger partial charge in [0, 0.05) is 0 Å². The van der Waals surface area contributed by atoms with E-state index in [1.807, 2.05) is 12.1 Å². The topological polar surface area (TPSA) is 23.8 Å². The maximum absolute atomic E-state index is 8.96. The van der Waals surface area contributed by atoms with Crippen molar-refractivity contribution in [1.29, 1.82) is 5.26 Å². The fourth-order valence-electron chi connectivity index (χ4n) is 5.73. The predicted molar refractivity (Wildman–Crippen MR) is 110 cm³/mol. The minimum Gasteiger partial charge on any atom is -0.192 e. The van der Waals surface area contributed by atoms with E-state index >= 15 is 0 Å². The Bertz CT molecular complexity index is 565. The molecule has 0 saturated heterocycles. The first kappa shape index (κ1) is 19.5. The van der Waals surface area contributed by atoms with E-state index in [1.54, 1.807) is 0 Å². The van der Waals surface area contributed by atoms with Crippen LogP contribution in [0.2, 0.25) is 0 Å². The lowest BCUT2D eigenvalue weighted by Gasteiger charge is -2.36. The zero-order valence-corrected chi connectivity index (χ0v) is 16.9. The van der Waals surface area contributed by atoms with E-state index in [0.717, 1.165) is 35.2 Å². The molecule has 0 aliphatic heterocycles. The van der Waals surface area contributed by atoms with E-state index in [2.05, 4.69) is 32.0 Å². The van der Waals surface area contributed by atoms with E-state index in [-0.39, 0.29) is 0 Å². The SMILES string of the molecule is CCCC1CCC(C(C)CC2CCC(c3ccc(C#N)cc3)CC2)CC1. The molecule has 2 fully saturated rings. The van der Waals surface area contributed by atoms with Crippen LogP contribution >= 0.6 is 0 Å². The van der Waals surface area contributed by atoms with Crippen molar-refractivity contribution in [2.75, 3.05) is 0 Å². The largest absolute Gasteiger partial charge is 0.192 e. The van der Waals surface area contributed by atoms with Crippen LogP contribution in [0, 0.1) is 35.0 Å². The summed E-state index contributed by atoms with van der Waals surface area (Å²) in [6, 6.07) is 10.6. The monoisotopic (exact) mass is 351 g/mol. The fraction of sp³-hybridized carbons (Fsp3) is 0.720. The van der Waals surface area contributed by atoms with E-state index < -0.39 is 0 Å². The normalized spacial score (nSPS) is 30.5. The molecular weight excluding hydrogens is 314 g/mol. The molecule has 0 radical (unpaired) electrons. The molecule has 1 heteroatoms. The fourth-order valence-corrected chi connectivity index (χ4v) is 5.73. The molecule has 1 aromatic carbocycles. The maximum atomic E-state index is 8.96. The Labute approximate surface area is 161 Å². The summed E-state index contributed by atoms with van der Waals surface area (Å²) in [7, 11) is 0. The highest BCUT2D eigenvalue weighted by atomic mass is 14.3. The lowest BCUT2D eigenvalue weighted by Crippen LogP contribution is -2.23. The summed E-state index contributed by atoms with van der Waals surface area (Å²) in [5.41, 5.74) is 2.23. The molecule has 0 N–H and O–H groups in total. The van der Waals surface area contributed by atoms with Crippen molar-refractivity contribution in [2.45, 2.75) is 90.4 Å². The van der Waals surface area contributed by atoms with Crippen molar-refractivity contribution in [3.8, 4) is 6.07 Å². The second-order valence-electron chi connectivity index (χ2n) is 9.23. The molecule has 2 aliphatic carbocycles. The smallest absolute Gasteiger partial charge is 0.0991 e. The van der Waals surface area contributed by atoms with Gasteiger partial charge in [-0.15, -0.1) is 0 Å². The first-order chi connectivity index (χ1) is 12.7. The Morgan fingerprint density at radius 3 is 2.12 bits per heavy atom. The lowest BCUT2D eigenvalue weighted by atomic mass is 9.70. The Morgan fingerprint density at radius 1 is 0.923 bits per heavy atom. The molecule has 0 amide bonds. The second kappa shape index (κ2) is 9.59. The van der Waals surface area contributed by atoms with Gasteiger partial charge in [-0.25, -0.2) is 0 Å². The number of nitrogens with zero attached hydrogens (tertiary/aromatic N) is 1. The van der Waals surface area contributed by atoms with Gasteiger partial charge in [0.1, 0.15) is 0 Å². The molecule has 1 nitrogen and oxygen atoms in total. The summed E-state index contributed by atoms with van der Waals surface area (Å²) in [5.74, 6) is 4.63. The van der Waals surface area contributed by atoms with Crippen LogP contribution in [0.15, 0.2) is 24.3 Å². The third-order valence-electron chi connectivity index (χ3n) is 7.46. The Kier molecular flexibility index (Phi) is 7.18. The molecule has 0 aromatic heterocycles. The highest BCUT2D eigenvalue weighted by molar-refractivity contribution is 5.33. The first-order valence-electron chi connectivity index (χ1n) is 11.2. The van der Waals surface area contributed by atoms with Gasteiger partial charge in [0.05, 0.1) is 11.6 Å². The molecule has 3 rings (SSSR count). The van der Waals surface area contributed by atoms with Gasteiger partial charge in [0.2, 0.25) is 0 Å². The highest BCUT2D eigenvalue weighted by Gasteiger charge is 2.28. The van der Waals surface area contributed by atoms with Crippen LogP contribution in [0.4, 0.5) is 0 Å². The molecule has 0 spiro atoms. The van der Waals surface area contributed by atoms with Crippen LogP contribution in [0.1, 0.15) is 102 Å². The van der Waals surface area contributed by atoms with Gasteiger partial charge >= 0.3 is 0 Å². The van der Waals surface area contributed by atoms with Crippen molar-refractivity contribution in [3.63, 3.8) is 0 Å². The van der Waals surface area contributed by atoms with Crippen molar-refractivity contribution < 1.29 is 0 Å². The van der Waals surface area contributed by atoms with Crippen molar-refractivity contribution in [1.82, 2.24) is 0 Å². The predicted octanol–water partition coefficient (Wildman–Crippen LogP) is 7.46. The summed E-state index contributed by atoms with van der Waals surface area (Å²) in [6.07, 6.45) is 15.7. The van der Waals surface area contributed by atoms with E-state index in [1.165, 1.54) is 76.2 Å². The van der Waals surface area contributed by atoms with Crippen LogP contribution in [-0.4, -0.2) is 0 Å². The molecule has 0 bridgehead atoms. The summed E-state index contributed by atoms with van der Waals surface area (Å²) in [5, 5.41) is 8.96. The molecule has 26 heavy (non-hydrogen) atoms. The molecule has 142 valence electrons. The summed E-state index contributed by atoms with van der Waals surface area (Å²) in [4.78, 5) is 0.